The number of nitro benzene ring substituents is 1. The highest BCUT2D eigenvalue weighted by Gasteiger charge is 2.08. The fourth-order valence-corrected chi connectivity index (χ4v) is 3.01. The van der Waals surface area contributed by atoms with Crippen LogP contribution in [0.5, 0.6) is 0 Å². The second-order valence-corrected chi connectivity index (χ2v) is 6.89. The quantitative estimate of drug-likeness (QED) is 0.365. The number of aromatic nitrogens is 1. The first kappa shape index (κ1) is 17.8. The topological polar surface area (TPSA) is 80.4 Å². The molecular weight excluding hydrogens is 348 g/mol. The normalized spacial score (nSPS) is 11.2. The Morgan fingerprint density at radius 1 is 1.15 bits per heavy atom. The minimum Gasteiger partial charge on any atom is -0.258 e. The zero-order chi connectivity index (χ0) is 18.5. The maximum atomic E-state index is 10.7. The van der Waals surface area contributed by atoms with Crippen LogP contribution < -0.4 is 5.43 Å². The van der Waals surface area contributed by atoms with Gasteiger partial charge in [0.05, 0.1) is 16.8 Å². The van der Waals surface area contributed by atoms with E-state index in [2.05, 4.69) is 41.5 Å². The number of hydrogen-bond donors (Lipinski definition) is 1. The largest absolute Gasteiger partial charge is 0.269 e. The lowest BCUT2D eigenvalue weighted by Gasteiger charge is -2.04. The van der Waals surface area contributed by atoms with Crippen LogP contribution in [0.25, 0.3) is 11.3 Å². The van der Waals surface area contributed by atoms with Crippen LogP contribution in [0.4, 0.5) is 10.8 Å². The number of nitro groups is 1. The van der Waals surface area contributed by atoms with Crippen molar-refractivity contribution in [3.63, 3.8) is 0 Å². The third-order valence-electron chi connectivity index (χ3n) is 3.86. The van der Waals surface area contributed by atoms with Crippen molar-refractivity contribution in [3.8, 4) is 11.3 Å². The van der Waals surface area contributed by atoms with Gasteiger partial charge in [-0.15, -0.1) is 11.3 Å². The van der Waals surface area contributed by atoms with Crippen molar-refractivity contribution >= 4 is 28.4 Å². The van der Waals surface area contributed by atoms with Gasteiger partial charge in [-0.05, 0) is 29.2 Å². The first-order chi connectivity index (χ1) is 12.5. The minimum absolute atomic E-state index is 0.0652. The summed E-state index contributed by atoms with van der Waals surface area (Å²) in [5, 5.41) is 17.5. The van der Waals surface area contributed by atoms with E-state index in [-0.39, 0.29) is 5.69 Å². The van der Waals surface area contributed by atoms with Gasteiger partial charge in [-0.1, -0.05) is 38.1 Å². The maximum absolute atomic E-state index is 10.7. The van der Waals surface area contributed by atoms with E-state index in [1.54, 1.807) is 18.3 Å². The molecule has 0 unspecified atom stereocenters. The lowest BCUT2D eigenvalue weighted by Crippen LogP contribution is -1.92. The van der Waals surface area contributed by atoms with Crippen LogP contribution in [-0.4, -0.2) is 16.1 Å². The average molecular weight is 366 g/mol. The first-order valence-corrected chi connectivity index (χ1v) is 9.00. The number of hydrazone groups is 1. The predicted octanol–water partition coefficient (Wildman–Crippen LogP) is 5.29. The Labute approximate surface area is 155 Å². The lowest BCUT2D eigenvalue weighted by atomic mass is 10.0. The summed E-state index contributed by atoms with van der Waals surface area (Å²) >= 11 is 1.43. The van der Waals surface area contributed by atoms with Crippen LogP contribution in [0.1, 0.15) is 30.9 Å². The average Bonchev–Trinajstić information content (AvgIpc) is 3.11. The summed E-state index contributed by atoms with van der Waals surface area (Å²) in [5.41, 5.74) is 6.87. The van der Waals surface area contributed by atoms with E-state index in [9.17, 15) is 10.1 Å². The van der Waals surface area contributed by atoms with Crippen LogP contribution in [0.15, 0.2) is 59.0 Å². The van der Waals surface area contributed by atoms with Gasteiger partial charge in [-0.25, -0.2) is 4.98 Å². The van der Waals surface area contributed by atoms with Gasteiger partial charge >= 0.3 is 0 Å². The van der Waals surface area contributed by atoms with E-state index in [0.717, 1.165) is 16.8 Å². The summed E-state index contributed by atoms with van der Waals surface area (Å²) in [7, 11) is 0. The van der Waals surface area contributed by atoms with Crippen LogP contribution in [0.2, 0.25) is 0 Å². The molecule has 0 saturated heterocycles. The Morgan fingerprint density at radius 3 is 2.46 bits per heavy atom. The number of nitrogens with zero attached hydrogens (tertiary/aromatic N) is 3. The van der Waals surface area contributed by atoms with E-state index in [1.165, 1.54) is 29.0 Å². The summed E-state index contributed by atoms with van der Waals surface area (Å²) in [6.45, 7) is 4.32. The number of anilines is 1. The summed E-state index contributed by atoms with van der Waals surface area (Å²) in [6, 6.07) is 14.6. The van der Waals surface area contributed by atoms with Gasteiger partial charge in [0.15, 0.2) is 0 Å². The molecular formula is C19H18N4O2S. The number of benzene rings is 2. The van der Waals surface area contributed by atoms with Crippen molar-refractivity contribution in [2.24, 2.45) is 5.10 Å². The third kappa shape index (κ3) is 4.31. The van der Waals surface area contributed by atoms with Crippen molar-refractivity contribution in [1.82, 2.24) is 4.98 Å². The fourth-order valence-electron chi connectivity index (χ4n) is 2.34. The van der Waals surface area contributed by atoms with Gasteiger partial charge in [-0.2, -0.15) is 5.10 Å². The Kier molecular flexibility index (Phi) is 5.38. The molecule has 132 valence electrons. The molecule has 1 heterocycles. The molecule has 3 rings (SSSR count). The molecule has 0 aliphatic heterocycles. The van der Waals surface area contributed by atoms with E-state index in [4.69, 9.17) is 0 Å². The van der Waals surface area contributed by atoms with E-state index < -0.39 is 4.92 Å². The predicted molar refractivity (Wildman–Crippen MR) is 106 cm³/mol. The maximum Gasteiger partial charge on any atom is 0.269 e. The standard InChI is InChI=1S/C19H18N4O2S/c1-13(2)15-5-3-14(4-6-15)11-20-22-19-21-18(12-26-19)16-7-9-17(10-8-16)23(24)25/h3-13H,1-2H3,(H,21,22)/b20-11+. The molecule has 0 radical (unpaired) electrons. The number of nitrogens with one attached hydrogen (secondary N) is 1. The Hall–Kier alpha value is -3.06. The summed E-state index contributed by atoms with van der Waals surface area (Å²) in [5.74, 6) is 0.507. The lowest BCUT2D eigenvalue weighted by molar-refractivity contribution is -0.384. The fraction of sp³-hybridized carbons (Fsp3) is 0.158. The summed E-state index contributed by atoms with van der Waals surface area (Å²) in [6.07, 6.45) is 1.75. The monoisotopic (exact) mass is 366 g/mol. The molecule has 26 heavy (non-hydrogen) atoms. The Morgan fingerprint density at radius 2 is 1.85 bits per heavy atom. The zero-order valence-corrected chi connectivity index (χ0v) is 15.2. The van der Waals surface area contributed by atoms with Crippen LogP contribution in [0.3, 0.4) is 0 Å². The summed E-state index contributed by atoms with van der Waals surface area (Å²) < 4.78 is 0. The third-order valence-corrected chi connectivity index (χ3v) is 4.60. The van der Waals surface area contributed by atoms with Gasteiger partial charge < -0.3 is 0 Å². The number of rotatable bonds is 6. The van der Waals surface area contributed by atoms with Crippen LogP contribution in [-0.2, 0) is 0 Å². The molecule has 3 aromatic rings. The van der Waals surface area contributed by atoms with Crippen molar-refractivity contribution in [3.05, 3.63) is 75.2 Å². The minimum atomic E-state index is -0.416. The van der Waals surface area contributed by atoms with E-state index in [0.29, 0.717) is 11.0 Å². The highest BCUT2D eigenvalue weighted by atomic mass is 32.1. The van der Waals surface area contributed by atoms with Gasteiger partial charge in [0.25, 0.3) is 5.69 Å². The molecule has 0 atom stereocenters. The zero-order valence-electron chi connectivity index (χ0n) is 14.4. The number of non-ortho nitro benzene ring substituents is 1. The second-order valence-electron chi connectivity index (χ2n) is 6.03. The van der Waals surface area contributed by atoms with Gasteiger partial charge in [0.2, 0.25) is 5.13 Å². The molecule has 7 heteroatoms. The second kappa shape index (κ2) is 7.88. The highest BCUT2D eigenvalue weighted by molar-refractivity contribution is 7.14. The van der Waals surface area contributed by atoms with Crippen molar-refractivity contribution in [1.29, 1.82) is 0 Å². The molecule has 0 aliphatic carbocycles. The van der Waals surface area contributed by atoms with Crippen LogP contribution in [0, 0.1) is 10.1 Å². The molecule has 0 amide bonds. The number of hydrogen-bond acceptors (Lipinski definition) is 6. The van der Waals surface area contributed by atoms with Gasteiger partial charge in [0, 0.05) is 23.1 Å². The van der Waals surface area contributed by atoms with Crippen molar-refractivity contribution < 1.29 is 4.92 Å². The first-order valence-electron chi connectivity index (χ1n) is 8.12. The Bertz CT molecular complexity index is 915. The summed E-state index contributed by atoms with van der Waals surface area (Å²) in [4.78, 5) is 14.7. The van der Waals surface area contributed by atoms with Crippen LogP contribution >= 0.6 is 11.3 Å². The molecule has 0 fully saturated rings. The van der Waals surface area contributed by atoms with E-state index in [1.807, 2.05) is 17.5 Å². The molecule has 1 aromatic heterocycles. The molecule has 2 aromatic carbocycles. The molecule has 6 nitrogen and oxygen atoms in total. The van der Waals surface area contributed by atoms with E-state index >= 15 is 0 Å². The molecule has 0 saturated carbocycles. The number of thiazole rings is 1. The molecule has 1 N–H and O–H groups in total. The SMILES string of the molecule is CC(C)c1ccc(/C=N/Nc2nc(-c3ccc([N+](=O)[O-])cc3)cs2)cc1. The smallest absolute Gasteiger partial charge is 0.258 e. The van der Waals surface area contributed by atoms with Gasteiger partial charge in [-0.3, -0.25) is 15.5 Å². The molecule has 0 aliphatic rings. The van der Waals surface area contributed by atoms with Gasteiger partial charge in [0.1, 0.15) is 0 Å². The highest BCUT2D eigenvalue weighted by Crippen LogP contribution is 2.26. The van der Waals surface area contributed by atoms with Crippen molar-refractivity contribution in [2.45, 2.75) is 19.8 Å². The Balaban J connectivity index is 1.63. The molecule has 0 bridgehead atoms. The van der Waals surface area contributed by atoms with Crippen molar-refractivity contribution in [2.75, 3.05) is 5.43 Å². The molecule has 0 spiro atoms.